The van der Waals surface area contributed by atoms with Gasteiger partial charge in [0.25, 0.3) is 5.91 Å². The van der Waals surface area contributed by atoms with Crippen molar-refractivity contribution in [2.24, 2.45) is 4.99 Å². The number of pyridine rings is 1. The molecule has 0 radical (unpaired) electrons. The van der Waals surface area contributed by atoms with Crippen molar-refractivity contribution < 1.29 is 9.53 Å². The first kappa shape index (κ1) is 16.5. The number of carbonyl (C=O) groups is 1. The monoisotopic (exact) mass is 341 g/mol. The lowest BCUT2D eigenvalue weighted by atomic mass is 10.1. The normalized spacial score (nSPS) is 12.0. The molecule has 124 valence electrons. The van der Waals surface area contributed by atoms with Gasteiger partial charge in [0, 0.05) is 35.8 Å². The molecule has 0 unspecified atom stereocenters. The molecule has 2 heterocycles. The van der Waals surface area contributed by atoms with E-state index in [2.05, 4.69) is 9.98 Å². The van der Waals surface area contributed by atoms with Crippen molar-refractivity contribution in [3.8, 4) is 0 Å². The Morgan fingerprint density at radius 3 is 2.92 bits per heavy atom. The molecule has 6 heteroatoms. The minimum absolute atomic E-state index is 0.249. The highest BCUT2D eigenvalue weighted by Gasteiger charge is 2.12. The molecule has 0 aliphatic carbocycles. The van der Waals surface area contributed by atoms with Gasteiger partial charge >= 0.3 is 0 Å². The molecule has 0 spiro atoms. The number of hydrogen-bond donors (Lipinski definition) is 0. The van der Waals surface area contributed by atoms with Crippen LogP contribution in [-0.2, 0) is 11.3 Å². The summed E-state index contributed by atoms with van der Waals surface area (Å²) >= 11 is 1.52. The summed E-state index contributed by atoms with van der Waals surface area (Å²) in [6.45, 7) is 5.33. The number of nitrogens with zero attached hydrogens (tertiary/aromatic N) is 3. The Labute approximate surface area is 144 Å². The predicted octanol–water partition coefficient (Wildman–Crippen LogP) is 3.10. The Hall–Kier alpha value is -2.31. The molecule has 0 atom stereocenters. The van der Waals surface area contributed by atoms with E-state index in [4.69, 9.17) is 4.74 Å². The first-order valence-corrected chi connectivity index (χ1v) is 8.52. The molecule has 3 aromatic rings. The molecule has 1 aromatic carbocycles. The molecule has 0 saturated heterocycles. The number of benzene rings is 1. The number of amides is 1. The SMILES string of the molecule is COCCn1c(C)c(C)s/c1=N\C(=O)c1cccc2ncccc12. The van der Waals surface area contributed by atoms with Crippen LogP contribution >= 0.6 is 11.3 Å². The van der Waals surface area contributed by atoms with Crippen LogP contribution in [-0.4, -0.2) is 29.2 Å². The number of fused-ring (bicyclic) bond motifs is 1. The lowest BCUT2D eigenvalue weighted by Crippen LogP contribution is -2.20. The number of thiazole rings is 1. The fraction of sp³-hybridized carbons (Fsp3) is 0.278. The predicted molar refractivity (Wildman–Crippen MR) is 95.3 cm³/mol. The van der Waals surface area contributed by atoms with Crippen LogP contribution in [0.15, 0.2) is 41.5 Å². The zero-order valence-corrected chi connectivity index (χ0v) is 14.8. The Kier molecular flexibility index (Phi) is 4.87. The third kappa shape index (κ3) is 3.16. The van der Waals surface area contributed by atoms with E-state index in [-0.39, 0.29) is 5.91 Å². The van der Waals surface area contributed by atoms with E-state index < -0.39 is 0 Å². The minimum Gasteiger partial charge on any atom is -0.383 e. The Bertz CT molecular complexity index is 951. The molecular formula is C18H19N3O2S. The molecular weight excluding hydrogens is 322 g/mol. The van der Waals surface area contributed by atoms with Crippen molar-refractivity contribution in [2.45, 2.75) is 20.4 Å². The van der Waals surface area contributed by atoms with Crippen LogP contribution in [0.5, 0.6) is 0 Å². The fourth-order valence-corrected chi connectivity index (χ4v) is 3.56. The van der Waals surface area contributed by atoms with E-state index in [0.717, 1.165) is 21.5 Å². The summed E-state index contributed by atoms with van der Waals surface area (Å²) in [6, 6.07) is 9.25. The molecule has 0 fully saturated rings. The van der Waals surface area contributed by atoms with Crippen LogP contribution in [0.25, 0.3) is 10.9 Å². The van der Waals surface area contributed by atoms with Gasteiger partial charge in [-0.15, -0.1) is 11.3 Å². The van der Waals surface area contributed by atoms with Crippen LogP contribution in [0.3, 0.4) is 0 Å². The standard InChI is InChI=1S/C18H19N3O2S/c1-12-13(2)24-18(21(12)10-11-23-3)20-17(22)15-6-4-8-16-14(15)7-5-9-19-16/h4-9H,10-11H2,1-3H3/b20-18-. The second-order valence-electron chi connectivity index (χ2n) is 5.46. The zero-order valence-electron chi connectivity index (χ0n) is 13.9. The van der Waals surface area contributed by atoms with Gasteiger partial charge in [-0.2, -0.15) is 4.99 Å². The van der Waals surface area contributed by atoms with Gasteiger partial charge in [0.2, 0.25) is 0 Å². The van der Waals surface area contributed by atoms with Gasteiger partial charge in [0.05, 0.1) is 17.7 Å². The van der Waals surface area contributed by atoms with E-state index in [1.54, 1.807) is 19.4 Å². The van der Waals surface area contributed by atoms with Crippen molar-refractivity contribution >= 4 is 28.1 Å². The molecule has 0 bridgehead atoms. The topological polar surface area (TPSA) is 56.5 Å². The van der Waals surface area contributed by atoms with E-state index in [1.165, 1.54) is 11.3 Å². The average Bonchev–Trinajstić information content (AvgIpc) is 2.86. The largest absolute Gasteiger partial charge is 0.383 e. The quantitative estimate of drug-likeness (QED) is 0.733. The molecule has 0 aliphatic rings. The first-order chi connectivity index (χ1) is 11.6. The summed E-state index contributed by atoms with van der Waals surface area (Å²) in [4.78, 5) is 23.3. The van der Waals surface area contributed by atoms with Gasteiger partial charge in [-0.1, -0.05) is 12.1 Å². The third-order valence-corrected chi connectivity index (χ3v) is 5.08. The second-order valence-corrected chi connectivity index (χ2v) is 6.64. The van der Waals surface area contributed by atoms with Gasteiger partial charge < -0.3 is 9.30 Å². The smallest absolute Gasteiger partial charge is 0.280 e. The van der Waals surface area contributed by atoms with E-state index >= 15 is 0 Å². The molecule has 2 aromatic heterocycles. The number of aryl methyl sites for hydroxylation is 1. The van der Waals surface area contributed by atoms with Crippen LogP contribution in [0.4, 0.5) is 0 Å². The van der Waals surface area contributed by atoms with E-state index in [0.29, 0.717) is 23.5 Å². The number of ether oxygens (including phenoxy) is 1. The summed E-state index contributed by atoms with van der Waals surface area (Å²) in [6.07, 6.45) is 1.72. The van der Waals surface area contributed by atoms with Gasteiger partial charge in [-0.3, -0.25) is 9.78 Å². The van der Waals surface area contributed by atoms with E-state index in [9.17, 15) is 4.79 Å². The van der Waals surface area contributed by atoms with Crippen LogP contribution < -0.4 is 4.80 Å². The lowest BCUT2D eigenvalue weighted by Gasteiger charge is -2.05. The molecule has 24 heavy (non-hydrogen) atoms. The van der Waals surface area contributed by atoms with Gasteiger partial charge in [-0.25, -0.2) is 0 Å². The summed E-state index contributed by atoms with van der Waals surface area (Å²) in [5.41, 5.74) is 2.48. The molecule has 0 N–H and O–H groups in total. The highest BCUT2D eigenvalue weighted by atomic mass is 32.1. The molecule has 3 rings (SSSR count). The fourth-order valence-electron chi connectivity index (χ4n) is 2.57. The highest BCUT2D eigenvalue weighted by molar-refractivity contribution is 7.09. The lowest BCUT2D eigenvalue weighted by molar-refractivity contribution is 0.0998. The van der Waals surface area contributed by atoms with Crippen molar-refractivity contribution in [3.63, 3.8) is 0 Å². The van der Waals surface area contributed by atoms with Gasteiger partial charge in [-0.05, 0) is 32.0 Å². The highest BCUT2D eigenvalue weighted by Crippen LogP contribution is 2.17. The summed E-state index contributed by atoms with van der Waals surface area (Å²) in [7, 11) is 1.67. The zero-order chi connectivity index (χ0) is 17.1. The van der Waals surface area contributed by atoms with Crippen LogP contribution in [0.2, 0.25) is 0 Å². The van der Waals surface area contributed by atoms with Crippen LogP contribution in [0, 0.1) is 13.8 Å². The number of rotatable bonds is 4. The second kappa shape index (κ2) is 7.07. The third-order valence-electron chi connectivity index (χ3n) is 3.98. The summed E-state index contributed by atoms with van der Waals surface area (Å²) < 4.78 is 7.19. The van der Waals surface area contributed by atoms with Crippen LogP contribution in [0.1, 0.15) is 20.9 Å². The first-order valence-electron chi connectivity index (χ1n) is 7.70. The number of aromatic nitrogens is 2. The maximum atomic E-state index is 12.7. The van der Waals surface area contributed by atoms with Crippen molar-refractivity contribution in [1.82, 2.24) is 9.55 Å². The Morgan fingerprint density at radius 1 is 1.29 bits per heavy atom. The Morgan fingerprint density at radius 2 is 2.12 bits per heavy atom. The van der Waals surface area contributed by atoms with Gasteiger partial charge in [0.1, 0.15) is 0 Å². The molecule has 5 nitrogen and oxygen atoms in total. The number of hydrogen-bond acceptors (Lipinski definition) is 4. The van der Waals surface area contributed by atoms with Crippen molar-refractivity contribution in [3.05, 3.63) is 57.5 Å². The molecule has 0 saturated carbocycles. The van der Waals surface area contributed by atoms with E-state index in [1.807, 2.05) is 42.7 Å². The summed E-state index contributed by atoms with van der Waals surface area (Å²) in [5.74, 6) is -0.249. The molecule has 0 aliphatic heterocycles. The minimum atomic E-state index is -0.249. The van der Waals surface area contributed by atoms with Gasteiger partial charge in [0.15, 0.2) is 4.80 Å². The maximum Gasteiger partial charge on any atom is 0.280 e. The van der Waals surface area contributed by atoms with Crippen molar-refractivity contribution in [2.75, 3.05) is 13.7 Å². The van der Waals surface area contributed by atoms with Crippen molar-refractivity contribution in [1.29, 1.82) is 0 Å². The maximum absolute atomic E-state index is 12.7. The number of carbonyl (C=O) groups excluding carboxylic acids is 1. The Balaban J connectivity index is 2.08. The summed E-state index contributed by atoms with van der Waals surface area (Å²) in [5, 5.41) is 0.821. The average molecular weight is 341 g/mol. The number of methoxy groups -OCH3 is 1. The molecule has 1 amide bonds.